The number of hydrogen-bond acceptors (Lipinski definition) is 6. The van der Waals surface area contributed by atoms with Crippen LogP contribution in [0.1, 0.15) is 12.8 Å². The first-order valence-electron chi connectivity index (χ1n) is 4.51. The summed E-state index contributed by atoms with van der Waals surface area (Å²) in [5, 5.41) is 11.7. The molecule has 6 heteroatoms. The van der Waals surface area contributed by atoms with Gasteiger partial charge in [-0.1, -0.05) is 0 Å². The summed E-state index contributed by atoms with van der Waals surface area (Å²) >= 11 is 0. The summed E-state index contributed by atoms with van der Waals surface area (Å²) in [6.45, 7) is 1.00. The molecule has 78 valence electrons. The summed E-state index contributed by atoms with van der Waals surface area (Å²) in [6.07, 6.45) is 3.32. The number of hydrogen-bond donors (Lipinski definition) is 4. The Morgan fingerprint density at radius 1 is 1.43 bits per heavy atom. The fourth-order valence-electron chi connectivity index (χ4n) is 0.980. The number of aliphatic hydroxyl groups excluding tert-OH is 1. The average Bonchev–Trinajstić information content (AvgIpc) is 2.25. The number of aromatic nitrogens is 2. The maximum Gasteiger partial charge on any atom is 0.239 e. The van der Waals surface area contributed by atoms with E-state index in [1.807, 2.05) is 0 Å². The number of nitrogens with one attached hydrogen (secondary N) is 2. The van der Waals surface area contributed by atoms with Gasteiger partial charge in [0.2, 0.25) is 5.95 Å². The molecule has 0 atom stereocenters. The molecule has 0 aromatic carbocycles. The van der Waals surface area contributed by atoms with Gasteiger partial charge in [-0.2, -0.15) is 4.98 Å². The van der Waals surface area contributed by atoms with Gasteiger partial charge in [0.15, 0.2) is 0 Å². The second-order valence-electron chi connectivity index (χ2n) is 2.77. The quantitative estimate of drug-likeness (QED) is 0.290. The minimum atomic E-state index is 0.223. The molecule has 1 heterocycles. The van der Waals surface area contributed by atoms with Crippen molar-refractivity contribution in [2.75, 3.05) is 23.9 Å². The largest absolute Gasteiger partial charge is 0.396 e. The van der Waals surface area contributed by atoms with Crippen LogP contribution in [0.2, 0.25) is 0 Å². The van der Waals surface area contributed by atoms with Crippen LogP contribution >= 0.6 is 0 Å². The van der Waals surface area contributed by atoms with Gasteiger partial charge in [0, 0.05) is 19.3 Å². The maximum absolute atomic E-state index is 8.57. The predicted molar refractivity (Wildman–Crippen MR) is 54.7 cm³/mol. The van der Waals surface area contributed by atoms with Gasteiger partial charge in [0.1, 0.15) is 5.82 Å². The molecule has 6 nitrogen and oxygen atoms in total. The van der Waals surface area contributed by atoms with Gasteiger partial charge in [0.25, 0.3) is 0 Å². The molecule has 0 saturated heterocycles. The lowest BCUT2D eigenvalue weighted by atomic mass is 10.3. The van der Waals surface area contributed by atoms with Crippen molar-refractivity contribution in [2.45, 2.75) is 12.8 Å². The molecule has 1 aromatic rings. The summed E-state index contributed by atoms with van der Waals surface area (Å²) in [4.78, 5) is 7.94. The lowest BCUT2D eigenvalue weighted by molar-refractivity contribution is 0.286. The predicted octanol–water partition coefficient (Wildman–Crippen LogP) is -0.0534. The first kappa shape index (κ1) is 10.7. The Labute approximate surface area is 82.5 Å². The maximum atomic E-state index is 8.57. The highest BCUT2D eigenvalue weighted by molar-refractivity contribution is 5.38. The Bertz CT molecular complexity index is 268. The number of hydrazine groups is 1. The third-order valence-electron chi connectivity index (χ3n) is 1.68. The van der Waals surface area contributed by atoms with Crippen LogP contribution in [0.4, 0.5) is 11.8 Å². The number of nitrogens with zero attached hydrogens (tertiary/aromatic N) is 2. The Morgan fingerprint density at radius 3 is 3.00 bits per heavy atom. The van der Waals surface area contributed by atoms with Gasteiger partial charge in [-0.25, -0.2) is 10.8 Å². The van der Waals surface area contributed by atoms with Gasteiger partial charge in [-0.15, -0.1) is 0 Å². The van der Waals surface area contributed by atoms with Crippen LogP contribution in [0.15, 0.2) is 12.3 Å². The SMILES string of the molecule is NNc1nccc(NCCCCO)n1. The zero-order valence-electron chi connectivity index (χ0n) is 7.90. The molecule has 5 N–H and O–H groups in total. The smallest absolute Gasteiger partial charge is 0.239 e. The van der Waals surface area contributed by atoms with Crippen LogP contribution < -0.4 is 16.6 Å². The Balaban J connectivity index is 2.34. The molecule has 0 radical (unpaired) electrons. The van der Waals surface area contributed by atoms with E-state index in [0.717, 1.165) is 25.2 Å². The normalized spacial score (nSPS) is 9.86. The lowest BCUT2D eigenvalue weighted by Gasteiger charge is -2.05. The van der Waals surface area contributed by atoms with E-state index in [1.165, 1.54) is 0 Å². The zero-order chi connectivity index (χ0) is 10.2. The molecule has 0 aliphatic rings. The van der Waals surface area contributed by atoms with E-state index in [4.69, 9.17) is 10.9 Å². The van der Waals surface area contributed by atoms with Crippen LogP contribution in [0.5, 0.6) is 0 Å². The van der Waals surface area contributed by atoms with Crippen molar-refractivity contribution in [3.05, 3.63) is 12.3 Å². The second kappa shape index (κ2) is 6.11. The Hall–Kier alpha value is -1.40. The number of anilines is 2. The first-order valence-corrected chi connectivity index (χ1v) is 4.51. The van der Waals surface area contributed by atoms with Gasteiger partial charge in [0.05, 0.1) is 0 Å². The van der Waals surface area contributed by atoms with Crippen molar-refractivity contribution in [1.29, 1.82) is 0 Å². The van der Waals surface area contributed by atoms with Crippen molar-refractivity contribution >= 4 is 11.8 Å². The highest BCUT2D eigenvalue weighted by Gasteiger charge is 1.95. The zero-order valence-corrected chi connectivity index (χ0v) is 7.90. The van der Waals surface area contributed by atoms with Gasteiger partial charge >= 0.3 is 0 Å². The van der Waals surface area contributed by atoms with E-state index in [1.54, 1.807) is 12.3 Å². The second-order valence-corrected chi connectivity index (χ2v) is 2.77. The van der Waals surface area contributed by atoms with E-state index >= 15 is 0 Å². The third kappa shape index (κ3) is 3.55. The molecule has 1 aromatic heterocycles. The lowest BCUT2D eigenvalue weighted by Crippen LogP contribution is -2.12. The summed E-state index contributed by atoms with van der Waals surface area (Å²) in [7, 11) is 0. The molecule has 1 rings (SSSR count). The van der Waals surface area contributed by atoms with E-state index in [2.05, 4.69) is 20.7 Å². The van der Waals surface area contributed by atoms with E-state index in [-0.39, 0.29) is 6.61 Å². The fraction of sp³-hybridized carbons (Fsp3) is 0.500. The highest BCUT2D eigenvalue weighted by atomic mass is 16.2. The number of rotatable bonds is 6. The molecule has 0 aliphatic heterocycles. The minimum Gasteiger partial charge on any atom is -0.396 e. The standard InChI is InChI=1S/C8H15N5O/c9-13-8-11-5-3-7(12-8)10-4-1-2-6-14/h3,5,14H,1-2,4,6,9H2,(H2,10,11,12,13). The summed E-state index contributed by atoms with van der Waals surface area (Å²) in [5.74, 6) is 6.27. The Morgan fingerprint density at radius 2 is 2.29 bits per heavy atom. The van der Waals surface area contributed by atoms with Crippen LogP contribution in [-0.4, -0.2) is 28.2 Å². The molecule has 0 fully saturated rings. The van der Waals surface area contributed by atoms with E-state index < -0.39 is 0 Å². The molecular weight excluding hydrogens is 182 g/mol. The van der Waals surface area contributed by atoms with Crippen molar-refractivity contribution in [3.63, 3.8) is 0 Å². The molecule has 0 unspecified atom stereocenters. The number of nitrogens with two attached hydrogens (primary N) is 1. The highest BCUT2D eigenvalue weighted by Crippen LogP contribution is 2.04. The average molecular weight is 197 g/mol. The van der Waals surface area contributed by atoms with Crippen molar-refractivity contribution in [2.24, 2.45) is 5.84 Å². The van der Waals surface area contributed by atoms with Gasteiger partial charge in [-0.3, -0.25) is 5.43 Å². The van der Waals surface area contributed by atoms with E-state index in [9.17, 15) is 0 Å². The topological polar surface area (TPSA) is 96.1 Å². The molecule has 0 spiro atoms. The summed E-state index contributed by atoms with van der Waals surface area (Å²) < 4.78 is 0. The van der Waals surface area contributed by atoms with Crippen molar-refractivity contribution in [3.8, 4) is 0 Å². The van der Waals surface area contributed by atoms with Gasteiger partial charge < -0.3 is 10.4 Å². The number of aliphatic hydroxyl groups is 1. The molecule has 14 heavy (non-hydrogen) atoms. The molecule has 0 saturated carbocycles. The molecule has 0 aliphatic carbocycles. The summed E-state index contributed by atoms with van der Waals surface area (Å²) in [5.41, 5.74) is 2.37. The van der Waals surface area contributed by atoms with Gasteiger partial charge in [-0.05, 0) is 18.9 Å². The molecule has 0 amide bonds. The first-order chi connectivity index (χ1) is 6.86. The number of nitrogen functional groups attached to an aromatic ring is 1. The van der Waals surface area contributed by atoms with Crippen molar-refractivity contribution < 1.29 is 5.11 Å². The number of unbranched alkanes of at least 4 members (excludes halogenated alkanes) is 1. The third-order valence-corrected chi connectivity index (χ3v) is 1.68. The minimum absolute atomic E-state index is 0.223. The summed E-state index contributed by atoms with van der Waals surface area (Å²) in [6, 6.07) is 1.76. The van der Waals surface area contributed by atoms with E-state index in [0.29, 0.717) is 5.95 Å². The van der Waals surface area contributed by atoms with Crippen LogP contribution in [-0.2, 0) is 0 Å². The Kier molecular flexibility index (Phi) is 4.66. The molecule has 0 bridgehead atoms. The molecular formula is C8H15N5O. The van der Waals surface area contributed by atoms with Crippen LogP contribution in [0, 0.1) is 0 Å². The van der Waals surface area contributed by atoms with Crippen molar-refractivity contribution in [1.82, 2.24) is 9.97 Å². The van der Waals surface area contributed by atoms with Crippen LogP contribution in [0.25, 0.3) is 0 Å². The van der Waals surface area contributed by atoms with Crippen LogP contribution in [0.3, 0.4) is 0 Å². The monoisotopic (exact) mass is 197 g/mol. The fourth-order valence-corrected chi connectivity index (χ4v) is 0.980.